The maximum absolute atomic E-state index is 13.2. The second-order valence-corrected chi connectivity index (χ2v) is 7.97. The van der Waals surface area contributed by atoms with Crippen molar-refractivity contribution in [2.45, 2.75) is 58.0 Å². The van der Waals surface area contributed by atoms with Crippen molar-refractivity contribution in [3.8, 4) is 5.75 Å². The molecule has 160 valence electrons. The summed E-state index contributed by atoms with van der Waals surface area (Å²) in [7, 11) is 0. The highest BCUT2D eigenvalue weighted by atomic mass is 16.6. The van der Waals surface area contributed by atoms with Gasteiger partial charge in [0.25, 0.3) is 0 Å². The molecule has 1 fully saturated rings. The van der Waals surface area contributed by atoms with Crippen molar-refractivity contribution in [2.24, 2.45) is 0 Å². The number of hydrogen-bond donors (Lipinski definition) is 1. The molecule has 4 rings (SSSR count). The number of ketones is 1. The monoisotopic (exact) mass is 411 g/mol. The van der Waals surface area contributed by atoms with Crippen LogP contribution in [0.3, 0.4) is 0 Å². The van der Waals surface area contributed by atoms with Gasteiger partial charge >= 0.3 is 5.97 Å². The number of allylic oxidation sites excluding steroid dienone is 3. The van der Waals surface area contributed by atoms with Crippen molar-refractivity contribution >= 4 is 11.8 Å². The number of carbonyl (C=O) groups is 2. The van der Waals surface area contributed by atoms with E-state index in [1.165, 1.54) is 0 Å². The molecule has 1 aromatic carbocycles. The van der Waals surface area contributed by atoms with E-state index in [1.54, 1.807) is 0 Å². The van der Waals surface area contributed by atoms with E-state index >= 15 is 0 Å². The number of rotatable bonds is 6. The van der Waals surface area contributed by atoms with Crippen LogP contribution in [0.1, 0.15) is 57.4 Å². The molecule has 0 bridgehead atoms. The fourth-order valence-electron chi connectivity index (χ4n) is 4.59. The SMILES string of the molecule is CCOc1ccccc1[C@@H]1C(C(=O)OC[C@@H]2CCCO2)=C(C)NC2=C1C(=O)CCC2. The molecule has 0 spiro atoms. The van der Waals surface area contributed by atoms with Gasteiger partial charge in [-0.1, -0.05) is 18.2 Å². The predicted molar refractivity (Wildman–Crippen MR) is 112 cm³/mol. The highest BCUT2D eigenvalue weighted by Gasteiger charge is 2.40. The lowest BCUT2D eigenvalue weighted by Gasteiger charge is -2.34. The van der Waals surface area contributed by atoms with Crippen LogP contribution in [0.5, 0.6) is 5.75 Å². The molecule has 0 unspecified atom stereocenters. The summed E-state index contributed by atoms with van der Waals surface area (Å²) in [5, 5.41) is 3.32. The van der Waals surface area contributed by atoms with E-state index in [2.05, 4.69) is 5.32 Å². The number of nitrogens with one attached hydrogen (secondary N) is 1. The quantitative estimate of drug-likeness (QED) is 0.719. The Kier molecular flexibility index (Phi) is 6.23. The average molecular weight is 411 g/mol. The third kappa shape index (κ3) is 4.01. The minimum atomic E-state index is -0.492. The number of dihydropyridines is 1. The van der Waals surface area contributed by atoms with Crippen molar-refractivity contribution in [1.29, 1.82) is 0 Å². The van der Waals surface area contributed by atoms with Gasteiger partial charge in [0.2, 0.25) is 0 Å². The van der Waals surface area contributed by atoms with Gasteiger partial charge in [-0.2, -0.15) is 0 Å². The lowest BCUT2D eigenvalue weighted by Crippen LogP contribution is -2.35. The Hall–Kier alpha value is -2.60. The Morgan fingerprint density at radius 3 is 2.83 bits per heavy atom. The van der Waals surface area contributed by atoms with E-state index in [0.29, 0.717) is 36.5 Å². The highest BCUT2D eigenvalue weighted by Crippen LogP contribution is 2.45. The Balaban J connectivity index is 1.73. The predicted octanol–water partition coefficient (Wildman–Crippen LogP) is 3.78. The first kappa shape index (κ1) is 20.7. The zero-order valence-corrected chi connectivity index (χ0v) is 17.7. The Morgan fingerprint density at radius 2 is 2.07 bits per heavy atom. The number of carbonyl (C=O) groups excluding carboxylic acids is 2. The van der Waals surface area contributed by atoms with Gasteiger partial charge in [0, 0.05) is 35.6 Å². The summed E-state index contributed by atoms with van der Waals surface area (Å²) in [4.78, 5) is 26.2. The van der Waals surface area contributed by atoms with Gasteiger partial charge in [0.15, 0.2) is 5.78 Å². The van der Waals surface area contributed by atoms with Crippen molar-refractivity contribution in [3.63, 3.8) is 0 Å². The molecule has 1 saturated heterocycles. The lowest BCUT2D eigenvalue weighted by atomic mass is 9.75. The maximum atomic E-state index is 13.2. The topological polar surface area (TPSA) is 73.9 Å². The normalized spacial score (nSPS) is 23.9. The first-order valence-corrected chi connectivity index (χ1v) is 10.8. The third-order valence-corrected chi connectivity index (χ3v) is 5.95. The summed E-state index contributed by atoms with van der Waals surface area (Å²) in [6, 6.07) is 7.64. The van der Waals surface area contributed by atoms with E-state index < -0.39 is 11.9 Å². The fraction of sp³-hybridized carbons (Fsp3) is 0.500. The van der Waals surface area contributed by atoms with E-state index in [1.807, 2.05) is 38.1 Å². The number of benzene rings is 1. The number of Topliss-reactive ketones (excluding diaryl/α,β-unsaturated/α-hetero) is 1. The van der Waals surface area contributed by atoms with E-state index in [0.717, 1.165) is 42.6 Å². The molecule has 2 atom stereocenters. The summed E-state index contributed by atoms with van der Waals surface area (Å²) in [5.41, 5.74) is 3.62. The molecule has 1 aromatic rings. The second-order valence-electron chi connectivity index (χ2n) is 7.97. The van der Waals surface area contributed by atoms with Crippen LogP contribution in [0, 0.1) is 0 Å². The molecule has 6 nitrogen and oxygen atoms in total. The Morgan fingerprint density at radius 1 is 1.23 bits per heavy atom. The molecule has 2 aliphatic heterocycles. The summed E-state index contributed by atoms with van der Waals surface area (Å²) in [5.74, 6) is -0.128. The zero-order chi connectivity index (χ0) is 21.1. The molecule has 1 N–H and O–H groups in total. The number of esters is 1. The van der Waals surface area contributed by atoms with Crippen LogP contribution in [-0.4, -0.2) is 37.7 Å². The van der Waals surface area contributed by atoms with Gasteiger partial charge in [-0.05, 0) is 45.6 Å². The van der Waals surface area contributed by atoms with Crippen molar-refractivity contribution in [3.05, 3.63) is 52.4 Å². The van der Waals surface area contributed by atoms with Crippen LogP contribution in [0.4, 0.5) is 0 Å². The Labute approximate surface area is 177 Å². The van der Waals surface area contributed by atoms with Crippen LogP contribution >= 0.6 is 0 Å². The molecule has 0 amide bonds. The van der Waals surface area contributed by atoms with Crippen LogP contribution in [-0.2, 0) is 19.1 Å². The Bertz CT molecular complexity index is 895. The molecule has 3 aliphatic rings. The van der Waals surface area contributed by atoms with E-state index in [-0.39, 0.29) is 18.5 Å². The highest BCUT2D eigenvalue weighted by molar-refractivity contribution is 6.04. The maximum Gasteiger partial charge on any atom is 0.336 e. The van der Waals surface area contributed by atoms with Gasteiger partial charge in [-0.15, -0.1) is 0 Å². The largest absolute Gasteiger partial charge is 0.494 e. The summed E-state index contributed by atoms with van der Waals surface area (Å²) in [6.07, 6.45) is 3.94. The first-order valence-electron chi connectivity index (χ1n) is 10.8. The zero-order valence-electron chi connectivity index (χ0n) is 17.7. The van der Waals surface area contributed by atoms with Gasteiger partial charge in [-0.3, -0.25) is 4.79 Å². The minimum Gasteiger partial charge on any atom is -0.494 e. The van der Waals surface area contributed by atoms with Crippen molar-refractivity contribution in [1.82, 2.24) is 5.32 Å². The van der Waals surface area contributed by atoms with Gasteiger partial charge in [0.1, 0.15) is 12.4 Å². The average Bonchev–Trinajstić information content (AvgIpc) is 3.26. The van der Waals surface area contributed by atoms with Gasteiger partial charge in [-0.25, -0.2) is 4.79 Å². The third-order valence-electron chi connectivity index (χ3n) is 5.95. The van der Waals surface area contributed by atoms with Crippen molar-refractivity contribution < 1.29 is 23.8 Å². The molecule has 30 heavy (non-hydrogen) atoms. The van der Waals surface area contributed by atoms with E-state index in [4.69, 9.17) is 14.2 Å². The van der Waals surface area contributed by atoms with Gasteiger partial charge < -0.3 is 19.5 Å². The molecule has 1 aliphatic carbocycles. The molecule has 6 heteroatoms. The number of ether oxygens (including phenoxy) is 3. The lowest BCUT2D eigenvalue weighted by molar-refractivity contribution is -0.142. The molecule has 0 radical (unpaired) electrons. The smallest absolute Gasteiger partial charge is 0.336 e. The molecule has 2 heterocycles. The number of para-hydroxylation sites is 1. The molecular formula is C24H29NO5. The van der Waals surface area contributed by atoms with Crippen LogP contribution < -0.4 is 10.1 Å². The number of hydrogen-bond acceptors (Lipinski definition) is 6. The second kappa shape index (κ2) is 9.04. The molecule has 0 aromatic heterocycles. The first-order chi connectivity index (χ1) is 14.6. The van der Waals surface area contributed by atoms with Crippen LogP contribution in [0.25, 0.3) is 0 Å². The van der Waals surface area contributed by atoms with Crippen molar-refractivity contribution in [2.75, 3.05) is 19.8 Å². The van der Waals surface area contributed by atoms with Gasteiger partial charge in [0.05, 0.1) is 24.2 Å². The fourth-order valence-corrected chi connectivity index (χ4v) is 4.59. The van der Waals surface area contributed by atoms with E-state index in [9.17, 15) is 9.59 Å². The molecule has 0 saturated carbocycles. The summed E-state index contributed by atoms with van der Waals surface area (Å²) in [6.45, 7) is 5.24. The summed E-state index contributed by atoms with van der Waals surface area (Å²) >= 11 is 0. The minimum absolute atomic E-state index is 0.0494. The van der Waals surface area contributed by atoms with Crippen LogP contribution in [0.15, 0.2) is 46.8 Å². The standard InChI is InChI=1S/C24H29NO5/c1-3-28-20-12-5-4-9-17(20)22-21(24(27)30-14-16-8-7-13-29-16)15(2)25-18-10-6-11-19(26)23(18)22/h4-5,9,12,16,22,25H,3,6-8,10-11,13-14H2,1-2H3/t16-,22+/m0/s1. The van der Waals surface area contributed by atoms with Crippen LogP contribution in [0.2, 0.25) is 0 Å². The molecular weight excluding hydrogens is 382 g/mol. The summed E-state index contributed by atoms with van der Waals surface area (Å²) < 4.78 is 17.1.